The standard InChI is InChI=1S/C13H17BrN2O2/c1-3-9(2)16-12(17)8-15-13(18)10-4-6-11(14)7-5-10/h4-7,9H,3,8H2,1-2H3,(H,15,18)(H,16,17). The maximum absolute atomic E-state index is 11.7. The molecule has 5 heteroatoms. The number of carbonyl (C=O) groups is 2. The Kier molecular flexibility index (Phi) is 5.85. The SMILES string of the molecule is CCC(C)NC(=O)CNC(=O)c1ccc(Br)cc1. The summed E-state index contributed by atoms with van der Waals surface area (Å²) in [4.78, 5) is 23.2. The average molecular weight is 313 g/mol. The molecule has 0 heterocycles. The molecule has 0 bridgehead atoms. The van der Waals surface area contributed by atoms with Crippen molar-refractivity contribution in [3.63, 3.8) is 0 Å². The van der Waals surface area contributed by atoms with Crippen molar-refractivity contribution in [1.82, 2.24) is 10.6 Å². The highest BCUT2D eigenvalue weighted by molar-refractivity contribution is 9.10. The van der Waals surface area contributed by atoms with Crippen LogP contribution in [0, 0.1) is 0 Å². The molecule has 2 N–H and O–H groups in total. The first kappa shape index (κ1) is 14.7. The third-order valence-electron chi connectivity index (χ3n) is 2.54. The van der Waals surface area contributed by atoms with Gasteiger partial charge in [0, 0.05) is 16.1 Å². The summed E-state index contributed by atoms with van der Waals surface area (Å²) in [5, 5.41) is 5.37. The van der Waals surface area contributed by atoms with E-state index in [2.05, 4.69) is 26.6 Å². The van der Waals surface area contributed by atoms with Gasteiger partial charge in [-0.1, -0.05) is 22.9 Å². The normalized spacial score (nSPS) is 11.7. The molecule has 0 aliphatic rings. The third kappa shape index (κ3) is 4.87. The van der Waals surface area contributed by atoms with Gasteiger partial charge in [-0.3, -0.25) is 9.59 Å². The molecule has 0 aliphatic carbocycles. The van der Waals surface area contributed by atoms with Crippen molar-refractivity contribution in [2.75, 3.05) is 6.54 Å². The summed E-state index contributed by atoms with van der Waals surface area (Å²) in [5.74, 6) is -0.420. The van der Waals surface area contributed by atoms with E-state index in [0.717, 1.165) is 10.9 Å². The summed E-state index contributed by atoms with van der Waals surface area (Å²) >= 11 is 3.30. The van der Waals surface area contributed by atoms with Crippen LogP contribution in [-0.2, 0) is 4.79 Å². The van der Waals surface area contributed by atoms with Crippen LogP contribution in [0.2, 0.25) is 0 Å². The minimum absolute atomic E-state index is 0.000757. The van der Waals surface area contributed by atoms with Gasteiger partial charge in [0.15, 0.2) is 0 Å². The Morgan fingerprint density at radius 1 is 1.28 bits per heavy atom. The predicted molar refractivity (Wildman–Crippen MR) is 74.4 cm³/mol. The van der Waals surface area contributed by atoms with Crippen LogP contribution in [0.25, 0.3) is 0 Å². The third-order valence-corrected chi connectivity index (χ3v) is 3.06. The topological polar surface area (TPSA) is 58.2 Å². The lowest BCUT2D eigenvalue weighted by molar-refractivity contribution is -0.120. The van der Waals surface area contributed by atoms with Crippen LogP contribution in [0.4, 0.5) is 0 Å². The van der Waals surface area contributed by atoms with Gasteiger partial charge in [0.2, 0.25) is 5.91 Å². The van der Waals surface area contributed by atoms with E-state index in [1.807, 2.05) is 13.8 Å². The molecule has 1 aromatic rings. The van der Waals surface area contributed by atoms with E-state index in [0.29, 0.717) is 5.56 Å². The van der Waals surface area contributed by atoms with Crippen LogP contribution < -0.4 is 10.6 Å². The Morgan fingerprint density at radius 2 is 1.89 bits per heavy atom. The van der Waals surface area contributed by atoms with E-state index < -0.39 is 0 Å². The second kappa shape index (κ2) is 7.16. The Bertz CT molecular complexity index is 418. The summed E-state index contributed by atoms with van der Waals surface area (Å²) in [6, 6.07) is 7.10. The lowest BCUT2D eigenvalue weighted by Gasteiger charge is -2.11. The largest absolute Gasteiger partial charge is 0.352 e. The highest BCUT2D eigenvalue weighted by atomic mass is 79.9. The van der Waals surface area contributed by atoms with E-state index in [1.165, 1.54) is 0 Å². The van der Waals surface area contributed by atoms with Gasteiger partial charge in [-0.15, -0.1) is 0 Å². The number of hydrogen-bond donors (Lipinski definition) is 2. The Labute approximate surface area is 115 Å². The number of halogens is 1. The van der Waals surface area contributed by atoms with Gasteiger partial charge in [0.1, 0.15) is 0 Å². The fraction of sp³-hybridized carbons (Fsp3) is 0.385. The molecule has 0 radical (unpaired) electrons. The second-order valence-electron chi connectivity index (χ2n) is 4.07. The van der Waals surface area contributed by atoms with Gasteiger partial charge in [-0.05, 0) is 37.6 Å². The summed E-state index contributed by atoms with van der Waals surface area (Å²) in [6.45, 7) is 3.92. The molecule has 2 amide bonds. The Balaban J connectivity index is 2.41. The maximum atomic E-state index is 11.7. The molecule has 4 nitrogen and oxygen atoms in total. The van der Waals surface area contributed by atoms with Crippen molar-refractivity contribution in [3.05, 3.63) is 34.3 Å². The summed E-state index contributed by atoms with van der Waals surface area (Å²) in [7, 11) is 0. The van der Waals surface area contributed by atoms with Crippen molar-refractivity contribution in [1.29, 1.82) is 0 Å². The zero-order valence-electron chi connectivity index (χ0n) is 10.5. The van der Waals surface area contributed by atoms with Crippen LogP contribution in [0.3, 0.4) is 0 Å². The van der Waals surface area contributed by atoms with Crippen LogP contribution in [0.15, 0.2) is 28.7 Å². The molecular weight excluding hydrogens is 296 g/mol. The summed E-state index contributed by atoms with van der Waals surface area (Å²) in [6.07, 6.45) is 0.867. The number of hydrogen-bond acceptors (Lipinski definition) is 2. The fourth-order valence-corrected chi connectivity index (χ4v) is 1.56. The highest BCUT2D eigenvalue weighted by Crippen LogP contribution is 2.10. The van der Waals surface area contributed by atoms with Gasteiger partial charge in [-0.25, -0.2) is 0 Å². The molecule has 0 aromatic heterocycles. The van der Waals surface area contributed by atoms with E-state index in [9.17, 15) is 9.59 Å². The number of nitrogens with one attached hydrogen (secondary N) is 2. The van der Waals surface area contributed by atoms with Crippen molar-refractivity contribution in [2.45, 2.75) is 26.3 Å². The first-order chi connectivity index (χ1) is 8.52. The van der Waals surface area contributed by atoms with Crippen LogP contribution in [0.1, 0.15) is 30.6 Å². The Morgan fingerprint density at radius 3 is 2.44 bits per heavy atom. The first-order valence-electron chi connectivity index (χ1n) is 5.86. The zero-order valence-corrected chi connectivity index (χ0v) is 12.1. The molecule has 0 aliphatic heterocycles. The van der Waals surface area contributed by atoms with Crippen molar-refractivity contribution in [3.8, 4) is 0 Å². The van der Waals surface area contributed by atoms with E-state index in [4.69, 9.17) is 0 Å². The minimum Gasteiger partial charge on any atom is -0.352 e. The van der Waals surface area contributed by atoms with Gasteiger partial charge >= 0.3 is 0 Å². The Hall–Kier alpha value is -1.36. The minimum atomic E-state index is -0.248. The molecule has 1 unspecified atom stereocenters. The average Bonchev–Trinajstić information content (AvgIpc) is 2.36. The van der Waals surface area contributed by atoms with Crippen molar-refractivity contribution >= 4 is 27.7 Å². The predicted octanol–water partition coefficient (Wildman–Crippen LogP) is 2.09. The molecule has 18 heavy (non-hydrogen) atoms. The molecule has 0 fully saturated rings. The fourth-order valence-electron chi connectivity index (χ4n) is 1.29. The first-order valence-corrected chi connectivity index (χ1v) is 6.65. The number of carbonyl (C=O) groups excluding carboxylic acids is 2. The maximum Gasteiger partial charge on any atom is 0.251 e. The lowest BCUT2D eigenvalue weighted by Crippen LogP contribution is -2.40. The quantitative estimate of drug-likeness (QED) is 0.874. The molecule has 0 saturated heterocycles. The molecule has 0 saturated carbocycles. The van der Waals surface area contributed by atoms with Crippen LogP contribution in [-0.4, -0.2) is 24.4 Å². The molecular formula is C13H17BrN2O2. The molecule has 1 aromatic carbocycles. The number of benzene rings is 1. The van der Waals surface area contributed by atoms with Crippen LogP contribution in [0.5, 0.6) is 0 Å². The van der Waals surface area contributed by atoms with Gasteiger partial charge < -0.3 is 10.6 Å². The molecule has 0 spiro atoms. The smallest absolute Gasteiger partial charge is 0.251 e. The van der Waals surface area contributed by atoms with Gasteiger partial charge in [0.25, 0.3) is 5.91 Å². The van der Waals surface area contributed by atoms with E-state index in [1.54, 1.807) is 24.3 Å². The second-order valence-corrected chi connectivity index (χ2v) is 4.98. The van der Waals surface area contributed by atoms with Gasteiger partial charge in [-0.2, -0.15) is 0 Å². The van der Waals surface area contributed by atoms with Gasteiger partial charge in [0.05, 0.1) is 6.54 Å². The van der Waals surface area contributed by atoms with E-state index >= 15 is 0 Å². The number of rotatable bonds is 5. The highest BCUT2D eigenvalue weighted by Gasteiger charge is 2.09. The van der Waals surface area contributed by atoms with E-state index in [-0.39, 0.29) is 24.4 Å². The number of amides is 2. The monoisotopic (exact) mass is 312 g/mol. The van der Waals surface area contributed by atoms with Crippen molar-refractivity contribution < 1.29 is 9.59 Å². The molecule has 1 rings (SSSR count). The van der Waals surface area contributed by atoms with Crippen LogP contribution >= 0.6 is 15.9 Å². The lowest BCUT2D eigenvalue weighted by atomic mass is 10.2. The molecule has 98 valence electrons. The molecule has 1 atom stereocenters. The summed E-state index contributed by atoms with van der Waals surface area (Å²) in [5.41, 5.74) is 0.537. The zero-order chi connectivity index (χ0) is 13.5. The van der Waals surface area contributed by atoms with Crippen molar-refractivity contribution in [2.24, 2.45) is 0 Å². The summed E-state index contributed by atoms with van der Waals surface area (Å²) < 4.78 is 0.911.